The summed E-state index contributed by atoms with van der Waals surface area (Å²) in [5.41, 5.74) is 4.17. The third-order valence-corrected chi connectivity index (χ3v) is 2.17. The Kier molecular flexibility index (Phi) is 7.68. The summed E-state index contributed by atoms with van der Waals surface area (Å²) in [7, 11) is 1.60. The molecule has 1 heterocycles. The van der Waals surface area contributed by atoms with E-state index >= 15 is 0 Å². The number of nitrogens with zero attached hydrogens (tertiary/aromatic N) is 2. The summed E-state index contributed by atoms with van der Waals surface area (Å²) in [6.45, 7) is 12.1. The van der Waals surface area contributed by atoms with Crippen LogP contribution >= 0.6 is 0 Å². The number of methoxy groups -OCH3 is 1. The van der Waals surface area contributed by atoms with Crippen molar-refractivity contribution in [2.75, 3.05) is 7.11 Å². The molecule has 0 aliphatic rings. The molecule has 0 bridgehead atoms. The minimum atomic E-state index is 0.558. The highest BCUT2D eigenvalue weighted by molar-refractivity contribution is 5.78. The highest BCUT2D eigenvalue weighted by Gasteiger charge is 2.02. The molecule has 0 aliphatic heterocycles. The summed E-state index contributed by atoms with van der Waals surface area (Å²) in [6, 6.07) is 4.11. The van der Waals surface area contributed by atoms with Crippen LogP contribution in [0.5, 0.6) is 5.88 Å². The molecule has 0 fully saturated rings. The van der Waals surface area contributed by atoms with Crippen LogP contribution in [0.3, 0.4) is 0 Å². The van der Waals surface area contributed by atoms with Crippen LogP contribution in [0.15, 0.2) is 18.3 Å². The van der Waals surface area contributed by atoms with Crippen LogP contribution in [0.2, 0.25) is 0 Å². The third kappa shape index (κ3) is 3.99. The maximum atomic E-state index is 5.03. The zero-order valence-corrected chi connectivity index (χ0v) is 12.5. The van der Waals surface area contributed by atoms with Gasteiger partial charge in [-0.15, -0.1) is 0 Å². The quantitative estimate of drug-likeness (QED) is 0.754. The number of aromatic nitrogens is 2. The van der Waals surface area contributed by atoms with Gasteiger partial charge in [0.2, 0.25) is 5.88 Å². The lowest BCUT2D eigenvalue weighted by molar-refractivity contribution is 0.397. The molecule has 0 amide bonds. The molecule has 0 saturated carbocycles. The SMILES string of the molecule is CC.CC.COc1cnc2c(C)cc(C)cc2n1. The van der Waals surface area contributed by atoms with Gasteiger partial charge in [0, 0.05) is 0 Å². The van der Waals surface area contributed by atoms with Crippen molar-refractivity contribution < 1.29 is 4.74 Å². The van der Waals surface area contributed by atoms with Gasteiger partial charge in [0.15, 0.2) is 0 Å². The third-order valence-electron chi connectivity index (χ3n) is 2.17. The number of benzene rings is 1. The standard InChI is InChI=1S/C11H12N2O.2C2H6/c1-7-4-8(2)11-9(5-7)13-10(14-3)6-12-11;2*1-2/h4-6H,1-3H3;2*1-2H3. The summed E-state index contributed by atoms with van der Waals surface area (Å²) in [6.07, 6.45) is 1.64. The molecule has 0 spiro atoms. The molecule has 0 aliphatic carbocycles. The van der Waals surface area contributed by atoms with Crippen molar-refractivity contribution in [3.8, 4) is 5.88 Å². The van der Waals surface area contributed by atoms with E-state index in [1.54, 1.807) is 13.3 Å². The summed E-state index contributed by atoms with van der Waals surface area (Å²) in [4.78, 5) is 8.64. The molecule has 100 valence electrons. The van der Waals surface area contributed by atoms with E-state index in [1.807, 2.05) is 47.6 Å². The van der Waals surface area contributed by atoms with Crippen molar-refractivity contribution in [2.24, 2.45) is 0 Å². The molecule has 18 heavy (non-hydrogen) atoms. The Bertz CT molecular complexity index is 481. The fourth-order valence-corrected chi connectivity index (χ4v) is 1.56. The van der Waals surface area contributed by atoms with Gasteiger partial charge in [0.1, 0.15) is 0 Å². The van der Waals surface area contributed by atoms with E-state index in [0.29, 0.717) is 5.88 Å². The van der Waals surface area contributed by atoms with Gasteiger partial charge in [-0.2, -0.15) is 0 Å². The Morgan fingerprint density at radius 2 is 1.61 bits per heavy atom. The lowest BCUT2D eigenvalue weighted by Crippen LogP contribution is -1.92. The maximum Gasteiger partial charge on any atom is 0.232 e. The molecular weight excluding hydrogens is 224 g/mol. The van der Waals surface area contributed by atoms with E-state index in [9.17, 15) is 0 Å². The summed E-state index contributed by atoms with van der Waals surface area (Å²) in [5, 5.41) is 0. The average Bonchev–Trinajstić information content (AvgIpc) is 2.42. The zero-order valence-electron chi connectivity index (χ0n) is 12.5. The largest absolute Gasteiger partial charge is 0.480 e. The topological polar surface area (TPSA) is 35.0 Å². The van der Waals surface area contributed by atoms with Crippen LogP contribution in [0.25, 0.3) is 11.0 Å². The van der Waals surface area contributed by atoms with E-state index in [-0.39, 0.29) is 0 Å². The van der Waals surface area contributed by atoms with Crippen molar-refractivity contribution in [2.45, 2.75) is 41.5 Å². The second kappa shape index (κ2) is 8.45. The zero-order chi connectivity index (χ0) is 14.1. The minimum Gasteiger partial charge on any atom is -0.480 e. The molecule has 0 N–H and O–H groups in total. The lowest BCUT2D eigenvalue weighted by Gasteiger charge is -2.04. The molecule has 2 aromatic rings. The fraction of sp³-hybridized carbons (Fsp3) is 0.467. The predicted octanol–water partition coefficient (Wildman–Crippen LogP) is 4.31. The Morgan fingerprint density at radius 1 is 1.00 bits per heavy atom. The molecular formula is C15H24N2O. The van der Waals surface area contributed by atoms with Crippen LogP contribution < -0.4 is 4.74 Å². The molecule has 2 rings (SSSR count). The van der Waals surface area contributed by atoms with Crippen molar-refractivity contribution >= 4 is 11.0 Å². The first kappa shape index (κ1) is 16.4. The van der Waals surface area contributed by atoms with Gasteiger partial charge in [0.25, 0.3) is 0 Å². The maximum absolute atomic E-state index is 5.03. The van der Waals surface area contributed by atoms with Gasteiger partial charge in [-0.1, -0.05) is 33.8 Å². The van der Waals surface area contributed by atoms with Gasteiger partial charge in [-0.25, -0.2) is 9.97 Å². The average molecular weight is 248 g/mol. The molecule has 3 nitrogen and oxygen atoms in total. The van der Waals surface area contributed by atoms with E-state index in [4.69, 9.17) is 4.74 Å². The van der Waals surface area contributed by atoms with Gasteiger partial charge < -0.3 is 4.74 Å². The number of hydrogen-bond donors (Lipinski definition) is 0. The number of aryl methyl sites for hydroxylation is 2. The highest BCUT2D eigenvalue weighted by atomic mass is 16.5. The first-order chi connectivity index (χ1) is 8.70. The fourth-order valence-electron chi connectivity index (χ4n) is 1.56. The van der Waals surface area contributed by atoms with Crippen LogP contribution in [0, 0.1) is 13.8 Å². The first-order valence-electron chi connectivity index (χ1n) is 6.48. The summed E-state index contributed by atoms with van der Waals surface area (Å²) < 4.78 is 5.03. The van der Waals surface area contributed by atoms with Crippen LogP contribution in [-0.2, 0) is 0 Å². The Hall–Kier alpha value is -1.64. The Balaban J connectivity index is 0.000000659. The van der Waals surface area contributed by atoms with Gasteiger partial charge in [0.05, 0.1) is 24.3 Å². The summed E-state index contributed by atoms with van der Waals surface area (Å²) >= 11 is 0. The van der Waals surface area contributed by atoms with E-state index in [2.05, 4.69) is 16.0 Å². The monoisotopic (exact) mass is 248 g/mol. The predicted molar refractivity (Wildman–Crippen MR) is 78.3 cm³/mol. The van der Waals surface area contributed by atoms with Gasteiger partial charge in [-0.3, -0.25) is 0 Å². The molecule has 1 aromatic heterocycles. The molecule has 3 heteroatoms. The van der Waals surface area contributed by atoms with Crippen LogP contribution in [0.1, 0.15) is 38.8 Å². The van der Waals surface area contributed by atoms with Crippen molar-refractivity contribution in [1.29, 1.82) is 0 Å². The number of fused-ring (bicyclic) bond motifs is 1. The second-order valence-corrected chi connectivity index (χ2v) is 3.36. The number of rotatable bonds is 1. The Labute approximate surface area is 110 Å². The second-order valence-electron chi connectivity index (χ2n) is 3.36. The molecule has 0 unspecified atom stereocenters. The van der Waals surface area contributed by atoms with E-state index < -0.39 is 0 Å². The van der Waals surface area contributed by atoms with Crippen molar-refractivity contribution in [3.63, 3.8) is 0 Å². The summed E-state index contributed by atoms with van der Waals surface area (Å²) in [5.74, 6) is 0.558. The smallest absolute Gasteiger partial charge is 0.232 e. The van der Waals surface area contributed by atoms with Gasteiger partial charge in [-0.05, 0) is 31.0 Å². The molecule has 1 aromatic carbocycles. The molecule has 0 radical (unpaired) electrons. The van der Waals surface area contributed by atoms with E-state index in [0.717, 1.165) is 16.6 Å². The van der Waals surface area contributed by atoms with Crippen molar-refractivity contribution in [1.82, 2.24) is 9.97 Å². The molecule has 0 saturated heterocycles. The minimum absolute atomic E-state index is 0.558. The molecule has 0 atom stereocenters. The van der Waals surface area contributed by atoms with Crippen LogP contribution in [0.4, 0.5) is 0 Å². The van der Waals surface area contributed by atoms with Crippen molar-refractivity contribution in [3.05, 3.63) is 29.5 Å². The Morgan fingerprint density at radius 3 is 2.17 bits per heavy atom. The first-order valence-corrected chi connectivity index (χ1v) is 6.48. The highest BCUT2D eigenvalue weighted by Crippen LogP contribution is 2.18. The van der Waals surface area contributed by atoms with Crippen LogP contribution in [-0.4, -0.2) is 17.1 Å². The normalized spacial score (nSPS) is 8.83. The lowest BCUT2D eigenvalue weighted by atomic mass is 10.1. The van der Waals surface area contributed by atoms with Gasteiger partial charge >= 0.3 is 0 Å². The van der Waals surface area contributed by atoms with E-state index in [1.165, 1.54) is 5.56 Å². The number of hydrogen-bond acceptors (Lipinski definition) is 3. The number of ether oxygens (including phenoxy) is 1.